The van der Waals surface area contributed by atoms with Gasteiger partial charge >= 0.3 is 23.5 Å². The van der Waals surface area contributed by atoms with Crippen molar-refractivity contribution in [3.05, 3.63) is 12.7 Å². The molecule has 0 spiro atoms. The average molecular weight is 1130 g/mol. The summed E-state index contributed by atoms with van der Waals surface area (Å²) >= 11 is 5.31. The number of nitrogen functional groups attached to an aromatic ring is 1. The van der Waals surface area contributed by atoms with Gasteiger partial charge in [-0.3, -0.25) is 28.1 Å². The van der Waals surface area contributed by atoms with Crippen molar-refractivity contribution in [1.29, 1.82) is 0 Å². The standard InChI is InChI=1S/C41H74N7O21P3S/c1-4-5-6-7-8-9-10-11-12-13-14-15-16-17-18-19-20-21-32(73)60-25-24-43-31(49)22-23-44-39(52)36(51)41(2,3)27-62-71(56,57)68-66-69-72(58,59)67-65-61-26-30-35(64-70(53,54)55)34(50)40(63-30)48-29-47-33-37(42)45-28-46-38(33)48/h28-30,34-36,40,50-51H,4-27H2,1-3H3,(H,43,49)(H,44,52)(H,56,57)(H,58,59)(H2,42,45,46)(H2,53,54,55)/t30-,34+,35+,36+,40-/m1/s1. The second kappa shape index (κ2) is 33.4. The van der Waals surface area contributed by atoms with Crippen LogP contribution < -0.4 is 16.4 Å². The molecule has 0 saturated carbocycles. The minimum atomic E-state index is -5.51. The fourth-order valence-electron chi connectivity index (χ4n) is 7.30. The van der Waals surface area contributed by atoms with Crippen molar-refractivity contribution in [3.8, 4) is 0 Å². The Hall–Kier alpha value is -2.73. The van der Waals surface area contributed by atoms with Crippen molar-refractivity contribution in [2.24, 2.45) is 5.41 Å². The molecule has 0 aromatic carbocycles. The number of carbonyl (C=O) groups excluding carboxylic acids is 2. The number of nitrogens with one attached hydrogen (secondary N) is 2. The first-order valence-corrected chi connectivity index (χ1v) is 29.2. The van der Waals surface area contributed by atoms with Gasteiger partial charge < -0.3 is 50.7 Å². The normalized spacial score (nSPS) is 19.4. The van der Waals surface area contributed by atoms with Crippen LogP contribution in [0.3, 0.4) is 0 Å². The SMILES string of the molecule is CCCCCCCCCCCCCCCCCCCC(=S)OCCNC(=O)CCNC(=O)[C@H](O)C(C)(C)COP(=O)(O)OOOP(=O)(O)OOOC[C@H]1O[C@@H](n2cnc3c(N)ncnc32)[C@@H](O)[C@H]1OP(=O)(O)O. The summed E-state index contributed by atoms with van der Waals surface area (Å²) in [7, 11) is -16.1. The van der Waals surface area contributed by atoms with Crippen LogP contribution in [0.2, 0.25) is 0 Å². The van der Waals surface area contributed by atoms with Gasteiger partial charge in [-0.1, -0.05) is 143 Å². The maximum absolute atomic E-state index is 12.6. The number of unbranched alkanes of at least 4 members (excludes halogenated alkanes) is 16. The number of aliphatic hydroxyl groups is 2. The molecule has 32 heteroatoms. The van der Waals surface area contributed by atoms with Gasteiger partial charge in [0.2, 0.25) is 11.8 Å². The average Bonchev–Trinajstić information content (AvgIpc) is 3.89. The van der Waals surface area contributed by atoms with Crippen LogP contribution in [0.15, 0.2) is 12.7 Å². The van der Waals surface area contributed by atoms with E-state index in [1.165, 1.54) is 110 Å². The minimum absolute atomic E-state index is 0.0231. The van der Waals surface area contributed by atoms with E-state index in [1.54, 1.807) is 0 Å². The Balaban J connectivity index is 1.22. The lowest BCUT2D eigenvalue weighted by Crippen LogP contribution is -2.46. The molecule has 1 aliphatic heterocycles. The number of thiocarbonyl (C=S) groups is 1. The van der Waals surface area contributed by atoms with Crippen molar-refractivity contribution in [1.82, 2.24) is 30.2 Å². The Labute approximate surface area is 429 Å². The number of hydrogen-bond donors (Lipinski definition) is 9. The van der Waals surface area contributed by atoms with Gasteiger partial charge in [0.25, 0.3) is 0 Å². The number of imidazole rings is 1. The smallest absolute Gasteiger partial charge is 0.485 e. The van der Waals surface area contributed by atoms with Gasteiger partial charge in [-0.25, -0.2) is 33.5 Å². The fourth-order valence-corrected chi connectivity index (χ4v) is 9.05. The molecule has 10 N–H and O–H groups in total. The van der Waals surface area contributed by atoms with E-state index in [1.807, 2.05) is 0 Å². The number of carbonyl (C=O) groups is 2. The summed E-state index contributed by atoms with van der Waals surface area (Å²) in [5, 5.41) is 34.9. The first-order valence-electron chi connectivity index (χ1n) is 24.3. The van der Waals surface area contributed by atoms with Gasteiger partial charge in [-0.05, 0) is 23.7 Å². The summed E-state index contributed by atoms with van der Waals surface area (Å²) in [5.41, 5.74) is 4.38. The van der Waals surface area contributed by atoms with Crippen molar-refractivity contribution >= 4 is 69.5 Å². The van der Waals surface area contributed by atoms with E-state index in [0.29, 0.717) is 11.5 Å². The number of nitrogens with zero attached hydrogens (tertiary/aromatic N) is 4. The van der Waals surface area contributed by atoms with Gasteiger partial charge in [-0.2, -0.15) is 0 Å². The Morgan fingerprint density at radius 1 is 0.822 bits per heavy atom. The van der Waals surface area contributed by atoms with Crippen LogP contribution in [0.1, 0.15) is 149 Å². The van der Waals surface area contributed by atoms with E-state index in [9.17, 15) is 53.1 Å². The summed E-state index contributed by atoms with van der Waals surface area (Å²) in [5.74, 6) is -1.37. The zero-order valence-corrected chi connectivity index (χ0v) is 44.9. The molecule has 7 atom stereocenters. The maximum atomic E-state index is 12.6. The number of hydrogen-bond acceptors (Lipinski definition) is 22. The second-order valence-electron chi connectivity index (χ2n) is 18.0. The lowest BCUT2D eigenvalue weighted by molar-refractivity contribution is -0.494. The Morgan fingerprint density at radius 3 is 2.00 bits per heavy atom. The Bertz CT molecular complexity index is 2110. The van der Waals surface area contributed by atoms with Crippen molar-refractivity contribution < 1.29 is 101 Å². The van der Waals surface area contributed by atoms with Gasteiger partial charge in [0, 0.05) is 24.8 Å². The number of fused-ring (bicyclic) bond motifs is 1. The minimum Gasteiger partial charge on any atom is -0.485 e. The molecule has 0 bridgehead atoms. The first kappa shape index (κ1) is 64.6. The topological polar surface area (TPSA) is 393 Å². The summed E-state index contributed by atoms with van der Waals surface area (Å²) in [6, 6.07) is 0. The molecule has 2 aromatic heterocycles. The number of nitrogens with two attached hydrogens (primary N) is 1. The number of aliphatic hydroxyl groups excluding tert-OH is 2. The van der Waals surface area contributed by atoms with Crippen LogP contribution in [0, 0.1) is 5.41 Å². The third-order valence-corrected chi connectivity index (χ3v) is 13.3. The third-order valence-electron chi connectivity index (χ3n) is 11.3. The van der Waals surface area contributed by atoms with Crippen LogP contribution in [0.25, 0.3) is 11.2 Å². The molecule has 3 rings (SSSR count). The number of amides is 2. The molecule has 420 valence electrons. The molecule has 1 fully saturated rings. The molecule has 2 amide bonds. The number of anilines is 1. The summed E-state index contributed by atoms with van der Waals surface area (Å²) < 4.78 is 69.7. The van der Waals surface area contributed by atoms with E-state index >= 15 is 0 Å². The number of ether oxygens (including phenoxy) is 2. The predicted molar refractivity (Wildman–Crippen MR) is 261 cm³/mol. The first-order chi connectivity index (χ1) is 34.6. The molecule has 2 unspecified atom stereocenters. The van der Waals surface area contributed by atoms with Crippen LogP contribution in [-0.4, -0.2) is 123 Å². The zero-order chi connectivity index (χ0) is 53.9. The van der Waals surface area contributed by atoms with Gasteiger partial charge in [0.1, 0.15) is 49.5 Å². The third kappa shape index (κ3) is 25.8. The van der Waals surface area contributed by atoms with Crippen LogP contribution in [0.4, 0.5) is 5.82 Å². The lowest BCUT2D eigenvalue weighted by atomic mass is 9.87. The molecule has 28 nitrogen and oxygen atoms in total. The van der Waals surface area contributed by atoms with Crippen LogP contribution >= 0.6 is 35.7 Å². The van der Waals surface area contributed by atoms with Crippen molar-refractivity contribution in [2.75, 3.05) is 38.6 Å². The van der Waals surface area contributed by atoms with E-state index in [0.717, 1.165) is 30.1 Å². The molecule has 73 heavy (non-hydrogen) atoms. The second-order valence-corrected chi connectivity index (χ2v) is 22.2. The summed E-state index contributed by atoms with van der Waals surface area (Å²) in [6.45, 7) is 3.28. The van der Waals surface area contributed by atoms with Gasteiger partial charge in [0.15, 0.2) is 22.7 Å². The van der Waals surface area contributed by atoms with Gasteiger partial charge in [0.05, 0.1) is 19.5 Å². The molecular weight excluding hydrogens is 1050 g/mol. The van der Waals surface area contributed by atoms with Crippen LogP contribution in [-0.2, 0) is 70.8 Å². The number of aromatic nitrogens is 4. The van der Waals surface area contributed by atoms with Crippen molar-refractivity contribution in [3.63, 3.8) is 0 Å². The Kier molecular flexibility index (Phi) is 29.6. The van der Waals surface area contributed by atoms with E-state index in [2.05, 4.69) is 66.0 Å². The Morgan fingerprint density at radius 2 is 1.40 bits per heavy atom. The lowest BCUT2D eigenvalue weighted by Gasteiger charge is -2.29. The molecule has 0 radical (unpaired) electrons. The van der Waals surface area contributed by atoms with Crippen molar-refractivity contribution in [2.45, 2.75) is 173 Å². The molecule has 1 aliphatic rings. The predicted octanol–water partition coefficient (Wildman–Crippen LogP) is 5.52. The molecule has 3 heterocycles. The highest BCUT2D eigenvalue weighted by molar-refractivity contribution is 7.80. The summed E-state index contributed by atoms with van der Waals surface area (Å²) in [6.07, 6.45) is 16.2. The summed E-state index contributed by atoms with van der Waals surface area (Å²) in [4.78, 5) is 79.7. The quantitative estimate of drug-likeness (QED) is 0.0130. The number of phosphoric ester groups is 2. The van der Waals surface area contributed by atoms with E-state index in [4.69, 9.17) is 31.9 Å². The van der Waals surface area contributed by atoms with Crippen LogP contribution in [0.5, 0.6) is 0 Å². The highest BCUT2D eigenvalue weighted by Gasteiger charge is 2.49. The molecule has 1 saturated heterocycles. The molecular formula is C41H74N7O21P3S. The number of phosphoric acid groups is 3. The maximum Gasteiger partial charge on any atom is 0.531 e. The zero-order valence-electron chi connectivity index (χ0n) is 41.4. The highest BCUT2D eigenvalue weighted by atomic mass is 32.1. The molecule has 0 aliphatic carbocycles. The molecule has 2 aromatic rings. The number of rotatable bonds is 41. The van der Waals surface area contributed by atoms with Gasteiger partial charge in [-0.15, -0.1) is 0 Å². The van der Waals surface area contributed by atoms with E-state index in [-0.39, 0.29) is 43.1 Å². The van der Waals surface area contributed by atoms with E-state index < -0.39 is 84.6 Å². The monoisotopic (exact) mass is 1130 g/mol. The fraction of sp³-hybridized carbons (Fsp3) is 0.805. The largest absolute Gasteiger partial charge is 0.531 e. The highest BCUT2D eigenvalue weighted by Crippen LogP contribution is 2.50.